The lowest BCUT2D eigenvalue weighted by atomic mass is 10.0. The van der Waals surface area contributed by atoms with Crippen LogP contribution in [0.1, 0.15) is 15.9 Å². The lowest BCUT2D eigenvalue weighted by Crippen LogP contribution is -2.15. The van der Waals surface area contributed by atoms with Crippen LogP contribution in [0.5, 0.6) is 0 Å². The van der Waals surface area contributed by atoms with E-state index in [9.17, 15) is 9.59 Å². The molecule has 92 valence electrons. The van der Waals surface area contributed by atoms with Gasteiger partial charge in [-0.3, -0.25) is 4.79 Å². The standard InChI is InChI=1S/C11H12ClNO4/c12-8-2-1-7(9(5-8)11(13)16)3-4-17-6-10(14)15/h1-2,5H,3-4,6H2,(H2,13,16)(H,14,15). The molecule has 0 aliphatic carbocycles. The van der Waals surface area contributed by atoms with Gasteiger partial charge in [-0.2, -0.15) is 0 Å². The van der Waals surface area contributed by atoms with E-state index in [1.54, 1.807) is 12.1 Å². The fourth-order valence-corrected chi connectivity index (χ4v) is 1.51. The highest BCUT2D eigenvalue weighted by Crippen LogP contribution is 2.16. The van der Waals surface area contributed by atoms with Crippen molar-refractivity contribution in [1.82, 2.24) is 0 Å². The van der Waals surface area contributed by atoms with Crippen molar-refractivity contribution in [3.63, 3.8) is 0 Å². The highest BCUT2D eigenvalue weighted by molar-refractivity contribution is 6.31. The first-order valence-electron chi connectivity index (χ1n) is 4.88. The normalized spacial score (nSPS) is 10.2. The fourth-order valence-electron chi connectivity index (χ4n) is 1.34. The average Bonchev–Trinajstić information content (AvgIpc) is 2.25. The Kier molecular flexibility index (Phi) is 4.93. The maximum absolute atomic E-state index is 11.1. The minimum Gasteiger partial charge on any atom is -0.480 e. The van der Waals surface area contributed by atoms with E-state index in [1.165, 1.54) is 6.07 Å². The molecule has 1 amide bonds. The zero-order chi connectivity index (χ0) is 12.8. The summed E-state index contributed by atoms with van der Waals surface area (Å²) in [6, 6.07) is 4.80. The van der Waals surface area contributed by atoms with Crippen molar-refractivity contribution >= 4 is 23.5 Å². The molecule has 0 fully saturated rings. The number of carboxylic acid groups (broad SMARTS) is 1. The Hall–Kier alpha value is -1.59. The third kappa shape index (κ3) is 4.42. The quantitative estimate of drug-likeness (QED) is 0.747. The molecule has 0 aliphatic rings. The van der Waals surface area contributed by atoms with Gasteiger partial charge in [0.15, 0.2) is 0 Å². The van der Waals surface area contributed by atoms with E-state index >= 15 is 0 Å². The van der Waals surface area contributed by atoms with Crippen LogP contribution in [-0.4, -0.2) is 30.2 Å². The Morgan fingerprint density at radius 1 is 1.41 bits per heavy atom. The van der Waals surface area contributed by atoms with E-state index in [4.69, 9.17) is 27.2 Å². The first-order chi connectivity index (χ1) is 8.00. The third-order valence-corrected chi connectivity index (χ3v) is 2.31. The van der Waals surface area contributed by atoms with Crippen LogP contribution in [0.25, 0.3) is 0 Å². The number of carbonyl (C=O) groups excluding carboxylic acids is 1. The summed E-state index contributed by atoms with van der Waals surface area (Å²) < 4.78 is 4.88. The summed E-state index contributed by atoms with van der Waals surface area (Å²) >= 11 is 5.75. The molecule has 6 heteroatoms. The number of primary amides is 1. The molecular formula is C11H12ClNO4. The number of nitrogens with two attached hydrogens (primary N) is 1. The Balaban J connectivity index is 2.64. The van der Waals surface area contributed by atoms with Gasteiger partial charge in [0.1, 0.15) is 6.61 Å². The van der Waals surface area contributed by atoms with Crippen LogP contribution in [0.2, 0.25) is 5.02 Å². The molecule has 17 heavy (non-hydrogen) atoms. The van der Waals surface area contributed by atoms with E-state index in [-0.39, 0.29) is 13.2 Å². The number of ether oxygens (including phenoxy) is 1. The summed E-state index contributed by atoms with van der Waals surface area (Å²) in [7, 11) is 0. The van der Waals surface area contributed by atoms with Crippen molar-refractivity contribution in [2.45, 2.75) is 6.42 Å². The fraction of sp³-hybridized carbons (Fsp3) is 0.273. The minimum atomic E-state index is -1.03. The van der Waals surface area contributed by atoms with Gasteiger partial charge in [0.05, 0.1) is 6.61 Å². The van der Waals surface area contributed by atoms with Crippen LogP contribution >= 0.6 is 11.6 Å². The highest BCUT2D eigenvalue weighted by atomic mass is 35.5. The number of rotatable bonds is 6. The van der Waals surface area contributed by atoms with Gasteiger partial charge in [-0.15, -0.1) is 0 Å². The number of hydrogen-bond donors (Lipinski definition) is 2. The molecule has 0 unspecified atom stereocenters. The van der Waals surface area contributed by atoms with Crippen molar-refractivity contribution in [3.05, 3.63) is 34.3 Å². The van der Waals surface area contributed by atoms with Crippen LogP contribution in [0.15, 0.2) is 18.2 Å². The van der Waals surface area contributed by atoms with Crippen molar-refractivity contribution < 1.29 is 19.4 Å². The second-order valence-electron chi connectivity index (χ2n) is 3.36. The van der Waals surface area contributed by atoms with Gasteiger partial charge in [-0.05, 0) is 24.1 Å². The zero-order valence-electron chi connectivity index (χ0n) is 8.98. The number of aliphatic carboxylic acids is 1. The van der Waals surface area contributed by atoms with Gasteiger partial charge in [0, 0.05) is 10.6 Å². The second-order valence-corrected chi connectivity index (χ2v) is 3.80. The molecule has 0 heterocycles. The first-order valence-corrected chi connectivity index (χ1v) is 5.26. The average molecular weight is 258 g/mol. The number of hydrogen-bond acceptors (Lipinski definition) is 3. The summed E-state index contributed by atoms with van der Waals surface area (Å²) in [4.78, 5) is 21.4. The van der Waals surface area contributed by atoms with Crippen LogP contribution < -0.4 is 5.73 Å². The van der Waals surface area contributed by atoms with E-state index in [0.29, 0.717) is 22.6 Å². The van der Waals surface area contributed by atoms with Gasteiger partial charge < -0.3 is 15.6 Å². The van der Waals surface area contributed by atoms with E-state index in [1.807, 2.05) is 0 Å². The SMILES string of the molecule is NC(=O)c1cc(Cl)ccc1CCOCC(=O)O. The van der Waals surface area contributed by atoms with Crippen LogP contribution in [0, 0.1) is 0 Å². The summed E-state index contributed by atoms with van der Waals surface area (Å²) in [5, 5.41) is 8.80. The molecule has 0 aromatic heterocycles. The van der Waals surface area contributed by atoms with Crippen molar-refractivity contribution in [3.8, 4) is 0 Å². The summed E-state index contributed by atoms with van der Waals surface area (Å²) in [5.74, 6) is -1.60. The molecule has 0 bridgehead atoms. The summed E-state index contributed by atoms with van der Waals surface area (Å²) in [6.45, 7) is -0.159. The van der Waals surface area contributed by atoms with E-state index in [2.05, 4.69) is 0 Å². The van der Waals surface area contributed by atoms with Gasteiger partial charge in [-0.1, -0.05) is 17.7 Å². The molecule has 1 aromatic carbocycles. The molecular weight excluding hydrogens is 246 g/mol. The molecule has 0 radical (unpaired) electrons. The van der Waals surface area contributed by atoms with Crippen molar-refractivity contribution in [1.29, 1.82) is 0 Å². The maximum Gasteiger partial charge on any atom is 0.329 e. The third-order valence-electron chi connectivity index (χ3n) is 2.08. The summed E-state index contributed by atoms with van der Waals surface area (Å²) in [5.41, 5.74) is 6.22. The molecule has 0 spiro atoms. The Bertz CT molecular complexity index is 433. The minimum absolute atomic E-state index is 0.203. The highest BCUT2D eigenvalue weighted by Gasteiger charge is 2.09. The van der Waals surface area contributed by atoms with E-state index in [0.717, 1.165) is 0 Å². The molecule has 0 saturated carbocycles. The van der Waals surface area contributed by atoms with E-state index < -0.39 is 11.9 Å². The zero-order valence-corrected chi connectivity index (χ0v) is 9.74. The van der Waals surface area contributed by atoms with Crippen LogP contribution in [0.3, 0.4) is 0 Å². The van der Waals surface area contributed by atoms with Gasteiger partial charge in [-0.25, -0.2) is 4.79 Å². The van der Waals surface area contributed by atoms with Crippen molar-refractivity contribution in [2.24, 2.45) is 5.73 Å². The number of benzene rings is 1. The predicted molar refractivity (Wildman–Crippen MR) is 62.1 cm³/mol. The molecule has 0 saturated heterocycles. The first kappa shape index (κ1) is 13.5. The van der Waals surface area contributed by atoms with Gasteiger partial charge >= 0.3 is 5.97 Å². The molecule has 1 rings (SSSR count). The molecule has 0 aliphatic heterocycles. The lowest BCUT2D eigenvalue weighted by Gasteiger charge is -2.07. The molecule has 3 N–H and O–H groups in total. The predicted octanol–water partition coefficient (Wildman–Crippen LogP) is 1.08. The molecule has 0 atom stereocenters. The topological polar surface area (TPSA) is 89.6 Å². The largest absolute Gasteiger partial charge is 0.480 e. The number of halogens is 1. The van der Waals surface area contributed by atoms with Crippen LogP contribution in [-0.2, 0) is 16.0 Å². The number of amides is 1. The maximum atomic E-state index is 11.1. The molecule has 5 nitrogen and oxygen atoms in total. The lowest BCUT2D eigenvalue weighted by molar-refractivity contribution is -0.142. The van der Waals surface area contributed by atoms with Gasteiger partial charge in [0.2, 0.25) is 5.91 Å². The van der Waals surface area contributed by atoms with Crippen molar-refractivity contribution in [2.75, 3.05) is 13.2 Å². The number of carboxylic acids is 1. The van der Waals surface area contributed by atoms with Crippen LogP contribution in [0.4, 0.5) is 0 Å². The monoisotopic (exact) mass is 257 g/mol. The molecule has 1 aromatic rings. The Morgan fingerprint density at radius 3 is 2.71 bits per heavy atom. The summed E-state index contributed by atoms with van der Waals surface area (Å²) in [6.07, 6.45) is 0.405. The Morgan fingerprint density at radius 2 is 2.12 bits per heavy atom. The Labute approximate surface area is 103 Å². The van der Waals surface area contributed by atoms with Gasteiger partial charge in [0.25, 0.3) is 0 Å². The second kappa shape index (κ2) is 6.22. The smallest absolute Gasteiger partial charge is 0.329 e. The number of carbonyl (C=O) groups is 2.